The predicted octanol–water partition coefficient (Wildman–Crippen LogP) is 3.77. The third kappa shape index (κ3) is 3.17. The van der Waals surface area contributed by atoms with E-state index >= 15 is 0 Å². The highest BCUT2D eigenvalue weighted by atomic mass is 16.5. The van der Waals surface area contributed by atoms with E-state index in [2.05, 4.69) is 0 Å². The Kier molecular flexibility index (Phi) is 4.75. The number of aliphatic hydroxyl groups excluding tert-OH is 1. The van der Waals surface area contributed by atoms with Crippen LogP contribution in [0.25, 0.3) is 0 Å². The van der Waals surface area contributed by atoms with E-state index in [-0.39, 0.29) is 6.10 Å². The van der Waals surface area contributed by atoms with Gasteiger partial charge in [-0.15, -0.1) is 0 Å². The van der Waals surface area contributed by atoms with Crippen LogP contribution in [-0.2, 0) is 0 Å². The summed E-state index contributed by atoms with van der Waals surface area (Å²) in [6.07, 6.45) is -0.555. The van der Waals surface area contributed by atoms with Crippen LogP contribution in [0.1, 0.15) is 36.7 Å². The maximum Gasteiger partial charge on any atom is 0.166 e. The number of ether oxygens (including phenoxy) is 1. The lowest BCUT2D eigenvalue weighted by Crippen LogP contribution is -2.11. The average Bonchev–Trinajstić information content (AvgIpc) is 2.53. The molecule has 0 radical (unpaired) electrons. The molecule has 0 aliphatic carbocycles. The second kappa shape index (κ2) is 6.74. The summed E-state index contributed by atoms with van der Waals surface area (Å²) < 4.78 is 5.96. The summed E-state index contributed by atoms with van der Waals surface area (Å²) in [5, 5.41) is 18.7. The molecule has 0 saturated heterocycles. The highest BCUT2D eigenvalue weighted by Crippen LogP contribution is 2.29. The molecule has 0 amide bonds. The Morgan fingerprint density at radius 2 is 1.65 bits per heavy atom. The van der Waals surface area contributed by atoms with Crippen molar-refractivity contribution in [2.45, 2.75) is 25.6 Å². The van der Waals surface area contributed by atoms with Gasteiger partial charge < -0.3 is 9.84 Å². The molecular formula is C17H17NO2. The first-order chi connectivity index (χ1) is 9.76. The smallest absolute Gasteiger partial charge is 0.166 e. The van der Waals surface area contributed by atoms with Crippen LogP contribution in [0.4, 0.5) is 0 Å². The van der Waals surface area contributed by atoms with E-state index in [1.165, 1.54) is 0 Å². The molecule has 0 heterocycles. The fraction of sp³-hybridized carbons (Fsp3) is 0.235. The van der Waals surface area contributed by atoms with Crippen molar-refractivity contribution in [2.75, 3.05) is 0 Å². The zero-order valence-corrected chi connectivity index (χ0v) is 11.4. The van der Waals surface area contributed by atoms with E-state index in [1.54, 1.807) is 6.07 Å². The number of para-hydroxylation sites is 1. The number of rotatable bonds is 5. The second-order valence-electron chi connectivity index (χ2n) is 4.49. The molecule has 2 rings (SSSR count). The molecular weight excluding hydrogens is 250 g/mol. The van der Waals surface area contributed by atoms with Crippen LogP contribution in [0.15, 0.2) is 54.6 Å². The zero-order chi connectivity index (χ0) is 14.4. The van der Waals surface area contributed by atoms with Gasteiger partial charge in [0.05, 0.1) is 6.07 Å². The van der Waals surface area contributed by atoms with Crippen LogP contribution < -0.4 is 4.74 Å². The van der Waals surface area contributed by atoms with E-state index in [4.69, 9.17) is 10.00 Å². The molecule has 0 aliphatic heterocycles. The van der Waals surface area contributed by atoms with Crippen LogP contribution in [0.3, 0.4) is 0 Å². The summed E-state index contributed by atoms with van der Waals surface area (Å²) >= 11 is 0. The Hall–Kier alpha value is -2.31. The van der Waals surface area contributed by atoms with E-state index in [0.717, 1.165) is 17.7 Å². The van der Waals surface area contributed by atoms with Gasteiger partial charge in [0.1, 0.15) is 11.9 Å². The van der Waals surface area contributed by atoms with Crippen LogP contribution in [0, 0.1) is 11.3 Å². The van der Waals surface area contributed by atoms with Gasteiger partial charge in [-0.3, -0.25) is 0 Å². The summed E-state index contributed by atoms with van der Waals surface area (Å²) in [6, 6.07) is 18.8. The Balaban J connectivity index is 2.31. The minimum Gasteiger partial charge on any atom is -0.486 e. The number of nitriles is 1. The normalized spacial score (nSPS) is 13.2. The lowest BCUT2D eigenvalue weighted by atomic mass is 9.97. The number of benzene rings is 2. The maximum atomic E-state index is 9.80. The van der Waals surface area contributed by atoms with E-state index in [9.17, 15) is 5.11 Å². The van der Waals surface area contributed by atoms with Gasteiger partial charge in [0.15, 0.2) is 6.10 Å². The summed E-state index contributed by atoms with van der Waals surface area (Å²) in [4.78, 5) is 0. The van der Waals surface area contributed by atoms with Crippen molar-refractivity contribution in [2.24, 2.45) is 0 Å². The number of nitrogens with zero attached hydrogens (tertiary/aromatic N) is 1. The van der Waals surface area contributed by atoms with Crippen LogP contribution in [0.5, 0.6) is 5.75 Å². The van der Waals surface area contributed by atoms with Crippen molar-refractivity contribution in [3.05, 3.63) is 65.7 Å². The lowest BCUT2D eigenvalue weighted by molar-refractivity contribution is 0.189. The molecule has 20 heavy (non-hydrogen) atoms. The molecule has 102 valence electrons. The topological polar surface area (TPSA) is 53.2 Å². The van der Waals surface area contributed by atoms with Crippen molar-refractivity contribution in [3.8, 4) is 11.8 Å². The maximum absolute atomic E-state index is 9.80. The van der Waals surface area contributed by atoms with Gasteiger partial charge in [-0.25, -0.2) is 0 Å². The minimum atomic E-state index is -1.13. The van der Waals surface area contributed by atoms with Crippen LogP contribution in [-0.4, -0.2) is 5.11 Å². The summed E-state index contributed by atoms with van der Waals surface area (Å²) in [5.74, 6) is 0.778. The lowest BCUT2D eigenvalue weighted by Gasteiger charge is -2.21. The fourth-order valence-corrected chi connectivity index (χ4v) is 2.15. The van der Waals surface area contributed by atoms with E-state index in [0.29, 0.717) is 5.56 Å². The van der Waals surface area contributed by atoms with Gasteiger partial charge >= 0.3 is 0 Å². The zero-order valence-electron chi connectivity index (χ0n) is 11.4. The summed E-state index contributed by atoms with van der Waals surface area (Å²) in [6.45, 7) is 2.02. The van der Waals surface area contributed by atoms with Crippen LogP contribution >= 0.6 is 0 Å². The fourth-order valence-electron chi connectivity index (χ4n) is 2.15. The molecule has 2 atom stereocenters. The third-order valence-electron chi connectivity index (χ3n) is 3.15. The third-order valence-corrected chi connectivity index (χ3v) is 3.15. The van der Waals surface area contributed by atoms with Crippen molar-refractivity contribution >= 4 is 0 Å². The first-order valence-electron chi connectivity index (χ1n) is 6.64. The van der Waals surface area contributed by atoms with Crippen molar-refractivity contribution in [1.82, 2.24) is 0 Å². The van der Waals surface area contributed by atoms with Crippen molar-refractivity contribution in [1.29, 1.82) is 5.26 Å². The molecule has 2 aromatic carbocycles. The molecule has 2 aromatic rings. The van der Waals surface area contributed by atoms with Gasteiger partial charge in [-0.05, 0) is 24.1 Å². The van der Waals surface area contributed by atoms with E-state index < -0.39 is 6.10 Å². The molecule has 0 saturated carbocycles. The molecule has 0 bridgehead atoms. The van der Waals surface area contributed by atoms with E-state index in [1.807, 2.05) is 61.5 Å². The highest BCUT2D eigenvalue weighted by molar-refractivity contribution is 5.34. The molecule has 1 unspecified atom stereocenters. The largest absolute Gasteiger partial charge is 0.486 e. The number of hydrogen-bond acceptors (Lipinski definition) is 3. The second-order valence-corrected chi connectivity index (χ2v) is 4.49. The van der Waals surface area contributed by atoms with Crippen molar-refractivity contribution in [3.63, 3.8) is 0 Å². The Labute approximate surface area is 119 Å². The van der Waals surface area contributed by atoms with Gasteiger partial charge in [0.25, 0.3) is 0 Å². The first kappa shape index (κ1) is 14.1. The standard InChI is InChI=1S/C17H17NO2/c1-2-17(20-13-8-4-3-5-9-13)15-11-7-6-10-14(15)16(19)12-18/h3-11,16-17,19H,2H2,1H3/t16-,17?/m0/s1. The molecule has 3 nitrogen and oxygen atoms in total. The molecule has 0 fully saturated rings. The number of aliphatic hydroxyl groups is 1. The quantitative estimate of drug-likeness (QED) is 0.839. The average molecular weight is 267 g/mol. The Bertz CT molecular complexity index is 589. The van der Waals surface area contributed by atoms with Gasteiger partial charge in [-0.1, -0.05) is 49.4 Å². The van der Waals surface area contributed by atoms with Gasteiger partial charge in [0, 0.05) is 5.56 Å². The molecule has 0 aliphatic rings. The molecule has 1 N–H and O–H groups in total. The summed E-state index contributed by atoms with van der Waals surface area (Å²) in [5.41, 5.74) is 1.46. The predicted molar refractivity (Wildman–Crippen MR) is 77.1 cm³/mol. The monoisotopic (exact) mass is 267 g/mol. The first-order valence-corrected chi connectivity index (χ1v) is 6.64. The highest BCUT2D eigenvalue weighted by Gasteiger charge is 2.19. The molecule has 3 heteroatoms. The molecule has 0 spiro atoms. The SMILES string of the molecule is CCC(Oc1ccccc1)c1ccccc1[C@@H](O)C#N. The summed E-state index contributed by atoms with van der Waals surface area (Å²) in [7, 11) is 0. The Morgan fingerprint density at radius 1 is 1.05 bits per heavy atom. The minimum absolute atomic E-state index is 0.184. The Morgan fingerprint density at radius 3 is 2.25 bits per heavy atom. The van der Waals surface area contributed by atoms with Crippen LogP contribution in [0.2, 0.25) is 0 Å². The van der Waals surface area contributed by atoms with Gasteiger partial charge in [-0.2, -0.15) is 5.26 Å². The van der Waals surface area contributed by atoms with Gasteiger partial charge in [0.2, 0.25) is 0 Å². The molecule has 0 aromatic heterocycles. The number of hydrogen-bond donors (Lipinski definition) is 1. The van der Waals surface area contributed by atoms with Crippen molar-refractivity contribution < 1.29 is 9.84 Å².